The highest BCUT2D eigenvalue weighted by Crippen LogP contribution is 2.25. The van der Waals surface area contributed by atoms with Crippen molar-refractivity contribution in [3.05, 3.63) is 54.4 Å². The summed E-state index contributed by atoms with van der Waals surface area (Å²) in [5.41, 5.74) is 2.08. The van der Waals surface area contributed by atoms with Gasteiger partial charge in [0.15, 0.2) is 5.65 Å². The van der Waals surface area contributed by atoms with Crippen molar-refractivity contribution in [1.29, 1.82) is 0 Å². The van der Waals surface area contributed by atoms with Gasteiger partial charge in [-0.1, -0.05) is 17.7 Å². The number of thioether (sulfide) groups is 1. The lowest BCUT2D eigenvalue weighted by Crippen LogP contribution is -2.51. The molecule has 3 aromatic rings. The van der Waals surface area contributed by atoms with Crippen LogP contribution in [0, 0.1) is 6.92 Å². The number of carbonyl (C=O) groups is 1. The molecule has 2 aromatic heterocycles. The van der Waals surface area contributed by atoms with Crippen molar-refractivity contribution < 1.29 is 4.79 Å². The fraction of sp³-hybridized carbons (Fsp3) is 0.350. The molecule has 0 spiro atoms. The van der Waals surface area contributed by atoms with Crippen molar-refractivity contribution >= 4 is 29.1 Å². The van der Waals surface area contributed by atoms with E-state index in [1.807, 2.05) is 30.2 Å². The number of piperazine rings is 1. The molecule has 1 saturated heterocycles. The van der Waals surface area contributed by atoms with Crippen molar-refractivity contribution in [2.75, 3.05) is 31.1 Å². The maximum absolute atomic E-state index is 12.8. The third kappa shape index (κ3) is 3.93. The molecule has 1 atom stereocenters. The predicted molar refractivity (Wildman–Crippen MR) is 108 cm³/mol. The highest BCUT2D eigenvalue weighted by atomic mass is 32.2. The fourth-order valence-corrected chi connectivity index (χ4v) is 4.21. The standard InChI is InChI=1S/C20H23N5OS/c1-15-3-5-17(6-4-15)27-16(2)20(26)24-13-11-23(12-14-24)19-8-7-18-21-9-10-25(18)22-19/h3-10,16H,11-14H2,1-2H3. The summed E-state index contributed by atoms with van der Waals surface area (Å²) < 4.78 is 1.78. The number of hydrogen-bond donors (Lipinski definition) is 0. The van der Waals surface area contributed by atoms with E-state index in [1.54, 1.807) is 22.5 Å². The molecule has 140 valence electrons. The molecule has 7 heteroatoms. The summed E-state index contributed by atoms with van der Waals surface area (Å²) in [6.45, 7) is 7.10. The Balaban J connectivity index is 1.35. The van der Waals surface area contributed by atoms with Gasteiger partial charge in [0.2, 0.25) is 5.91 Å². The number of aromatic nitrogens is 3. The highest BCUT2D eigenvalue weighted by Gasteiger charge is 2.26. The largest absolute Gasteiger partial charge is 0.352 e. The molecule has 1 aliphatic rings. The zero-order valence-corrected chi connectivity index (χ0v) is 16.4. The molecule has 0 radical (unpaired) electrons. The van der Waals surface area contributed by atoms with E-state index >= 15 is 0 Å². The summed E-state index contributed by atoms with van der Waals surface area (Å²) in [4.78, 5) is 22.4. The second kappa shape index (κ2) is 7.60. The number of benzene rings is 1. The Morgan fingerprint density at radius 3 is 2.56 bits per heavy atom. The first-order valence-corrected chi connectivity index (χ1v) is 10.1. The number of rotatable bonds is 4. The monoisotopic (exact) mass is 381 g/mol. The zero-order chi connectivity index (χ0) is 18.8. The van der Waals surface area contributed by atoms with Gasteiger partial charge in [-0.15, -0.1) is 16.9 Å². The molecule has 6 nitrogen and oxygen atoms in total. The van der Waals surface area contributed by atoms with E-state index in [2.05, 4.69) is 46.2 Å². The van der Waals surface area contributed by atoms with Crippen LogP contribution in [0.2, 0.25) is 0 Å². The van der Waals surface area contributed by atoms with E-state index in [4.69, 9.17) is 0 Å². The lowest BCUT2D eigenvalue weighted by atomic mass is 10.2. The summed E-state index contributed by atoms with van der Waals surface area (Å²) in [6, 6.07) is 12.3. The first kappa shape index (κ1) is 17.9. The zero-order valence-electron chi connectivity index (χ0n) is 15.6. The second-order valence-electron chi connectivity index (χ2n) is 6.81. The maximum atomic E-state index is 12.8. The van der Waals surface area contributed by atoms with Gasteiger partial charge in [0.1, 0.15) is 5.82 Å². The first-order valence-electron chi connectivity index (χ1n) is 9.17. The molecule has 0 saturated carbocycles. The molecule has 1 unspecified atom stereocenters. The Hall–Kier alpha value is -2.54. The molecule has 1 amide bonds. The summed E-state index contributed by atoms with van der Waals surface area (Å²) in [7, 11) is 0. The molecule has 0 N–H and O–H groups in total. The van der Waals surface area contributed by atoms with Crippen molar-refractivity contribution in [2.45, 2.75) is 24.0 Å². The number of fused-ring (bicyclic) bond motifs is 1. The number of nitrogens with zero attached hydrogens (tertiary/aromatic N) is 5. The van der Waals surface area contributed by atoms with Crippen LogP contribution in [0.1, 0.15) is 12.5 Å². The van der Waals surface area contributed by atoms with Crippen LogP contribution < -0.4 is 4.90 Å². The normalized spacial score (nSPS) is 15.9. The molecule has 3 heterocycles. The minimum absolute atomic E-state index is 0.0836. The predicted octanol–water partition coefficient (Wildman–Crippen LogP) is 2.87. The lowest BCUT2D eigenvalue weighted by Gasteiger charge is -2.36. The number of hydrogen-bond acceptors (Lipinski definition) is 5. The van der Waals surface area contributed by atoms with E-state index in [0.29, 0.717) is 0 Å². The second-order valence-corrected chi connectivity index (χ2v) is 8.22. The van der Waals surface area contributed by atoms with E-state index in [-0.39, 0.29) is 11.2 Å². The van der Waals surface area contributed by atoms with Crippen LogP contribution in [-0.2, 0) is 4.79 Å². The van der Waals surface area contributed by atoms with Gasteiger partial charge in [0, 0.05) is 43.5 Å². The van der Waals surface area contributed by atoms with E-state index in [1.165, 1.54) is 5.56 Å². The average molecular weight is 382 g/mol. The van der Waals surface area contributed by atoms with Gasteiger partial charge < -0.3 is 9.80 Å². The molecular formula is C20H23N5OS. The smallest absolute Gasteiger partial charge is 0.235 e. The Kier molecular flexibility index (Phi) is 5.03. The van der Waals surface area contributed by atoms with Crippen LogP contribution in [0.5, 0.6) is 0 Å². The topological polar surface area (TPSA) is 53.7 Å². The summed E-state index contributed by atoms with van der Waals surface area (Å²) >= 11 is 1.63. The molecule has 1 aliphatic heterocycles. The van der Waals surface area contributed by atoms with Crippen LogP contribution in [0.4, 0.5) is 5.82 Å². The first-order chi connectivity index (χ1) is 13.1. The third-order valence-corrected chi connectivity index (χ3v) is 5.94. The van der Waals surface area contributed by atoms with Crippen molar-refractivity contribution in [1.82, 2.24) is 19.5 Å². The Morgan fingerprint density at radius 2 is 1.81 bits per heavy atom. The van der Waals surface area contributed by atoms with Gasteiger partial charge in [-0.25, -0.2) is 9.50 Å². The highest BCUT2D eigenvalue weighted by molar-refractivity contribution is 8.00. The number of carbonyl (C=O) groups excluding carboxylic acids is 1. The van der Waals surface area contributed by atoms with Gasteiger partial charge in [0.25, 0.3) is 0 Å². The van der Waals surface area contributed by atoms with Gasteiger partial charge in [-0.05, 0) is 38.1 Å². The average Bonchev–Trinajstić information content (AvgIpc) is 3.17. The van der Waals surface area contributed by atoms with E-state index in [0.717, 1.165) is 42.5 Å². The van der Waals surface area contributed by atoms with Gasteiger partial charge >= 0.3 is 0 Å². The lowest BCUT2D eigenvalue weighted by molar-refractivity contribution is -0.130. The van der Waals surface area contributed by atoms with E-state index < -0.39 is 0 Å². The molecular weight excluding hydrogens is 358 g/mol. The SMILES string of the molecule is Cc1ccc(SC(C)C(=O)N2CCN(c3ccc4nccn4n3)CC2)cc1. The van der Waals surface area contributed by atoms with Gasteiger partial charge in [0.05, 0.1) is 5.25 Å². The van der Waals surface area contributed by atoms with Crippen LogP contribution in [0.25, 0.3) is 5.65 Å². The van der Waals surface area contributed by atoms with Crippen LogP contribution in [0.15, 0.2) is 53.7 Å². The quantitative estimate of drug-likeness (QED) is 0.651. The maximum Gasteiger partial charge on any atom is 0.235 e. The van der Waals surface area contributed by atoms with Gasteiger partial charge in [-0.2, -0.15) is 0 Å². The summed E-state index contributed by atoms with van der Waals surface area (Å²) in [5, 5.41) is 4.52. The number of amides is 1. The molecule has 0 bridgehead atoms. The Morgan fingerprint density at radius 1 is 1.07 bits per heavy atom. The van der Waals surface area contributed by atoms with Crippen LogP contribution >= 0.6 is 11.8 Å². The number of aryl methyl sites for hydroxylation is 1. The Bertz CT molecular complexity index is 931. The minimum atomic E-state index is -0.0836. The molecule has 27 heavy (non-hydrogen) atoms. The number of anilines is 1. The summed E-state index contributed by atoms with van der Waals surface area (Å²) in [6.07, 6.45) is 3.60. The van der Waals surface area contributed by atoms with Gasteiger partial charge in [-0.3, -0.25) is 4.79 Å². The number of imidazole rings is 1. The molecule has 1 aromatic carbocycles. The van der Waals surface area contributed by atoms with Crippen molar-refractivity contribution in [2.24, 2.45) is 0 Å². The van der Waals surface area contributed by atoms with Crippen molar-refractivity contribution in [3.63, 3.8) is 0 Å². The third-order valence-electron chi connectivity index (χ3n) is 4.84. The molecule has 4 rings (SSSR count). The fourth-order valence-electron chi connectivity index (χ4n) is 3.26. The minimum Gasteiger partial charge on any atom is -0.352 e. The van der Waals surface area contributed by atoms with E-state index in [9.17, 15) is 4.79 Å². The van der Waals surface area contributed by atoms with Crippen molar-refractivity contribution in [3.8, 4) is 0 Å². The molecule has 0 aliphatic carbocycles. The summed E-state index contributed by atoms with van der Waals surface area (Å²) in [5.74, 6) is 1.13. The molecule has 1 fully saturated rings. The Labute approximate surface area is 163 Å². The van der Waals surface area contributed by atoms with Crippen LogP contribution in [-0.4, -0.2) is 56.8 Å². The van der Waals surface area contributed by atoms with Crippen LogP contribution in [0.3, 0.4) is 0 Å².